The van der Waals surface area contributed by atoms with Gasteiger partial charge in [0, 0.05) is 37.2 Å². The lowest BCUT2D eigenvalue weighted by atomic mass is 9.45. The fraction of sp³-hybridized carbons (Fsp3) is 0.793. The highest BCUT2D eigenvalue weighted by Crippen LogP contribution is 2.66. The van der Waals surface area contributed by atoms with Gasteiger partial charge in [0.05, 0.1) is 18.1 Å². The van der Waals surface area contributed by atoms with Crippen LogP contribution in [0.4, 0.5) is 0 Å². The van der Waals surface area contributed by atoms with Crippen LogP contribution in [0.25, 0.3) is 0 Å². The summed E-state index contributed by atoms with van der Waals surface area (Å²) in [6.07, 6.45) is 0.806. The van der Waals surface area contributed by atoms with Gasteiger partial charge in [-0.25, -0.2) is 0 Å². The number of fused-ring (bicyclic) bond motifs is 4. The first-order valence-corrected chi connectivity index (χ1v) is 13.5. The van der Waals surface area contributed by atoms with Crippen molar-refractivity contribution in [1.82, 2.24) is 0 Å². The third-order valence-electron chi connectivity index (χ3n) is 10.7. The number of carboxylic acid groups (broad SMARTS) is 1. The third-order valence-corrected chi connectivity index (χ3v) is 10.7. The van der Waals surface area contributed by atoms with Crippen molar-refractivity contribution < 1.29 is 34.5 Å². The minimum absolute atomic E-state index is 0.0140. The average molecular weight is 503 g/mol. The molecule has 7 heteroatoms. The van der Waals surface area contributed by atoms with Gasteiger partial charge in [0.25, 0.3) is 0 Å². The molecule has 0 saturated heterocycles. The molecule has 36 heavy (non-hydrogen) atoms. The van der Waals surface area contributed by atoms with Crippen molar-refractivity contribution >= 4 is 23.3 Å². The maximum absolute atomic E-state index is 13.9. The molecule has 4 rings (SSSR count). The van der Waals surface area contributed by atoms with Crippen molar-refractivity contribution in [2.45, 2.75) is 98.7 Å². The zero-order valence-electron chi connectivity index (χ0n) is 22.5. The summed E-state index contributed by atoms with van der Waals surface area (Å²) in [7, 11) is 0. The molecule has 200 valence electrons. The molecule has 4 aliphatic rings. The fourth-order valence-electron chi connectivity index (χ4n) is 8.77. The summed E-state index contributed by atoms with van der Waals surface area (Å²) < 4.78 is 0. The molecule has 0 aromatic rings. The van der Waals surface area contributed by atoms with Gasteiger partial charge in [-0.05, 0) is 58.8 Å². The Balaban J connectivity index is 1.69. The number of ketones is 3. The number of hydrogen-bond acceptors (Lipinski definition) is 6. The second kappa shape index (κ2) is 8.87. The van der Waals surface area contributed by atoms with Gasteiger partial charge in [0.2, 0.25) is 0 Å². The number of carbonyl (C=O) groups excluding carboxylic acids is 3. The molecule has 0 amide bonds. The van der Waals surface area contributed by atoms with Crippen molar-refractivity contribution in [3.05, 3.63) is 11.1 Å². The topological polar surface area (TPSA) is 129 Å². The lowest BCUT2D eigenvalue weighted by Gasteiger charge is -2.59. The standard InChI is InChI=1S/C29H42O7/c1-14(9-16(30)10-15(2)26(35)36)17-11-19(32)24-23-18(31)12-21-27(3,4)22(34)7-8-28(21,5)25(23)20(33)13-29(17,24)6/h14-15,17-18,21-22,24,31,34H,7-13H2,1-6H3,(H,35,36)/t14?,15?,17-,18+,21?,22+,24+,28+,29-/m1/s1. The first-order valence-electron chi connectivity index (χ1n) is 13.5. The van der Waals surface area contributed by atoms with Crippen LogP contribution in [0, 0.1) is 45.8 Å². The van der Waals surface area contributed by atoms with Crippen molar-refractivity contribution in [3.63, 3.8) is 0 Å². The van der Waals surface area contributed by atoms with E-state index < -0.39 is 46.3 Å². The van der Waals surface area contributed by atoms with Gasteiger partial charge in [-0.3, -0.25) is 19.2 Å². The van der Waals surface area contributed by atoms with Gasteiger partial charge in [-0.2, -0.15) is 0 Å². The van der Waals surface area contributed by atoms with Gasteiger partial charge in [0.15, 0.2) is 5.78 Å². The van der Waals surface area contributed by atoms with Crippen LogP contribution in [-0.4, -0.2) is 50.8 Å². The second-order valence-electron chi connectivity index (χ2n) is 13.4. The molecule has 0 heterocycles. The highest BCUT2D eigenvalue weighted by atomic mass is 16.4. The van der Waals surface area contributed by atoms with Gasteiger partial charge in [0.1, 0.15) is 11.6 Å². The van der Waals surface area contributed by atoms with E-state index >= 15 is 0 Å². The smallest absolute Gasteiger partial charge is 0.306 e. The van der Waals surface area contributed by atoms with Crippen molar-refractivity contribution in [2.24, 2.45) is 45.8 Å². The first kappa shape index (κ1) is 27.2. The van der Waals surface area contributed by atoms with E-state index in [-0.39, 0.29) is 60.8 Å². The molecule has 2 fully saturated rings. The minimum Gasteiger partial charge on any atom is -0.481 e. The Morgan fingerprint density at radius 1 is 1.06 bits per heavy atom. The molecule has 9 atom stereocenters. The quantitative estimate of drug-likeness (QED) is 0.504. The van der Waals surface area contributed by atoms with E-state index in [1.165, 1.54) is 6.92 Å². The number of aliphatic carboxylic acids is 1. The summed E-state index contributed by atoms with van der Waals surface area (Å²) in [5, 5.41) is 31.3. The Kier molecular flexibility index (Phi) is 6.69. The molecular weight excluding hydrogens is 460 g/mol. The lowest BCUT2D eigenvalue weighted by Crippen LogP contribution is -2.58. The Morgan fingerprint density at radius 2 is 1.69 bits per heavy atom. The fourth-order valence-corrected chi connectivity index (χ4v) is 8.77. The van der Waals surface area contributed by atoms with Gasteiger partial charge in [-0.15, -0.1) is 0 Å². The summed E-state index contributed by atoms with van der Waals surface area (Å²) >= 11 is 0. The van der Waals surface area contributed by atoms with E-state index in [1.54, 1.807) is 0 Å². The van der Waals surface area contributed by atoms with Crippen molar-refractivity contribution in [1.29, 1.82) is 0 Å². The molecule has 7 nitrogen and oxygen atoms in total. The number of hydrogen-bond donors (Lipinski definition) is 3. The lowest BCUT2D eigenvalue weighted by molar-refractivity contribution is -0.143. The van der Waals surface area contributed by atoms with Gasteiger partial charge >= 0.3 is 5.97 Å². The molecule has 2 saturated carbocycles. The molecule has 0 aromatic carbocycles. The Labute approximate surface area is 213 Å². The van der Waals surface area contributed by atoms with Crippen LogP contribution >= 0.6 is 0 Å². The van der Waals surface area contributed by atoms with Crippen LogP contribution in [0.15, 0.2) is 11.1 Å². The van der Waals surface area contributed by atoms with E-state index in [1.807, 2.05) is 27.7 Å². The molecule has 0 radical (unpaired) electrons. The van der Waals surface area contributed by atoms with E-state index in [0.29, 0.717) is 30.4 Å². The summed E-state index contributed by atoms with van der Waals surface area (Å²) in [6, 6.07) is 0. The minimum atomic E-state index is -1.01. The van der Waals surface area contributed by atoms with Crippen molar-refractivity contribution in [3.8, 4) is 0 Å². The molecule has 0 aromatic heterocycles. The Hall–Kier alpha value is -1.86. The summed E-state index contributed by atoms with van der Waals surface area (Å²) in [6.45, 7) is 11.5. The Morgan fingerprint density at radius 3 is 2.31 bits per heavy atom. The average Bonchev–Trinajstić information content (AvgIpc) is 3.02. The van der Waals surface area contributed by atoms with Crippen LogP contribution in [0.1, 0.15) is 86.5 Å². The molecule has 3 unspecified atom stereocenters. The number of Topliss-reactive ketones (excluding diaryl/α,β-unsaturated/α-hetero) is 3. The maximum atomic E-state index is 13.9. The predicted octanol–water partition coefficient (Wildman–Crippen LogP) is 3.74. The van der Waals surface area contributed by atoms with Gasteiger partial charge in [-0.1, -0.05) is 41.5 Å². The third kappa shape index (κ3) is 3.92. The summed E-state index contributed by atoms with van der Waals surface area (Å²) in [5.74, 6) is -2.89. The number of aliphatic hydroxyl groups is 2. The zero-order chi connectivity index (χ0) is 27.0. The van der Waals surface area contributed by atoms with Crippen LogP contribution in [0.5, 0.6) is 0 Å². The maximum Gasteiger partial charge on any atom is 0.306 e. The molecule has 4 aliphatic carbocycles. The zero-order valence-corrected chi connectivity index (χ0v) is 22.5. The van der Waals surface area contributed by atoms with E-state index in [9.17, 15) is 29.4 Å². The first-order chi connectivity index (χ1) is 16.6. The molecular formula is C29H42O7. The normalized spacial score (nSPS) is 41.3. The van der Waals surface area contributed by atoms with Crippen LogP contribution < -0.4 is 0 Å². The molecule has 0 spiro atoms. The van der Waals surface area contributed by atoms with Crippen LogP contribution in [0.2, 0.25) is 0 Å². The predicted molar refractivity (Wildman–Crippen MR) is 133 cm³/mol. The molecule has 0 bridgehead atoms. The number of rotatable bonds is 6. The molecule has 0 aliphatic heterocycles. The number of aliphatic hydroxyl groups excluding tert-OH is 2. The second-order valence-corrected chi connectivity index (χ2v) is 13.4. The number of carbonyl (C=O) groups is 4. The summed E-state index contributed by atoms with van der Waals surface area (Å²) in [4.78, 5) is 51.3. The highest BCUT2D eigenvalue weighted by Gasteiger charge is 2.65. The highest BCUT2D eigenvalue weighted by molar-refractivity contribution is 6.03. The van der Waals surface area contributed by atoms with E-state index in [2.05, 4.69) is 6.92 Å². The molecule has 3 N–H and O–H groups in total. The van der Waals surface area contributed by atoms with Crippen LogP contribution in [-0.2, 0) is 19.2 Å². The van der Waals surface area contributed by atoms with Gasteiger partial charge < -0.3 is 15.3 Å². The monoisotopic (exact) mass is 502 g/mol. The van der Waals surface area contributed by atoms with Crippen LogP contribution in [0.3, 0.4) is 0 Å². The Bertz CT molecular complexity index is 1020. The SMILES string of the molecule is CC(CC(=O)CC(C)[C@H]1CC(=O)[C@H]2C3=C(C(=O)C[C@@]21C)[C@@]1(C)CC[C@H](O)C(C)(C)C1C[C@@H]3O)C(=O)O. The number of carboxylic acids is 1. The number of allylic oxidation sites excluding steroid dienone is 1. The van der Waals surface area contributed by atoms with E-state index in [0.717, 1.165) is 0 Å². The van der Waals surface area contributed by atoms with E-state index in [4.69, 9.17) is 5.11 Å². The van der Waals surface area contributed by atoms with Crippen molar-refractivity contribution in [2.75, 3.05) is 0 Å². The largest absolute Gasteiger partial charge is 0.481 e. The summed E-state index contributed by atoms with van der Waals surface area (Å²) in [5.41, 5.74) is -0.411.